The predicted molar refractivity (Wildman–Crippen MR) is 106 cm³/mol. The fraction of sp³-hybridized carbons (Fsp3) is 0.0500. The number of non-ortho nitro benzene ring substituents is 1. The maximum absolute atomic E-state index is 12.5. The number of hydrogen-bond donors (Lipinski definition) is 2. The van der Waals surface area contributed by atoms with E-state index in [0.717, 1.165) is 0 Å². The average molecular weight is 392 g/mol. The molecule has 9 nitrogen and oxygen atoms in total. The first kappa shape index (κ1) is 19.5. The van der Waals surface area contributed by atoms with E-state index in [1.54, 1.807) is 24.3 Å². The smallest absolute Gasteiger partial charge is 0.269 e. The lowest BCUT2D eigenvalue weighted by Crippen LogP contribution is -2.22. The van der Waals surface area contributed by atoms with Crippen molar-refractivity contribution in [3.8, 4) is 0 Å². The van der Waals surface area contributed by atoms with Crippen molar-refractivity contribution in [3.05, 3.63) is 104 Å². The average Bonchev–Trinajstić information content (AvgIpc) is 2.70. The van der Waals surface area contributed by atoms with Gasteiger partial charge >= 0.3 is 0 Å². The summed E-state index contributed by atoms with van der Waals surface area (Å²) in [5.74, 6) is -1.00. The SMILES string of the molecule is NC(=O)c1ccc(NC(=O)c2ccc(=O)n(Cc3ccc([N+](=O)[O-])cc3)c2)cc1. The number of nitrogens with two attached hydrogens (primary N) is 1. The lowest BCUT2D eigenvalue weighted by Gasteiger charge is -2.09. The van der Waals surface area contributed by atoms with Crippen LogP contribution in [0.3, 0.4) is 0 Å². The van der Waals surface area contributed by atoms with Gasteiger partial charge in [0, 0.05) is 35.6 Å². The molecule has 3 rings (SSSR count). The number of anilines is 1. The van der Waals surface area contributed by atoms with Gasteiger partial charge < -0.3 is 15.6 Å². The number of benzene rings is 2. The van der Waals surface area contributed by atoms with E-state index in [2.05, 4.69) is 5.32 Å². The van der Waals surface area contributed by atoms with Gasteiger partial charge in [-0.1, -0.05) is 12.1 Å². The lowest BCUT2D eigenvalue weighted by atomic mass is 10.2. The Kier molecular flexibility index (Phi) is 5.49. The van der Waals surface area contributed by atoms with Gasteiger partial charge in [-0.05, 0) is 35.9 Å². The summed E-state index contributed by atoms with van der Waals surface area (Å²) in [6.07, 6.45) is 1.41. The van der Waals surface area contributed by atoms with Crippen LogP contribution in [0, 0.1) is 10.1 Å². The molecule has 1 heterocycles. The van der Waals surface area contributed by atoms with Crippen molar-refractivity contribution >= 4 is 23.2 Å². The van der Waals surface area contributed by atoms with Crippen molar-refractivity contribution < 1.29 is 14.5 Å². The lowest BCUT2D eigenvalue weighted by molar-refractivity contribution is -0.384. The molecule has 0 spiro atoms. The van der Waals surface area contributed by atoms with Crippen LogP contribution in [0.2, 0.25) is 0 Å². The monoisotopic (exact) mass is 392 g/mol. The second kappa shape index (κ2) is 8.17. The Morgan fingerprint density at radius 2 is 1.59 bits per heavy atom. The Labute approximate surface area is 164 Å². The molecule has 0 radical (unpaired) electrons. The summed E-state index contributed by atoms with van der Waals surface area (Å²) < 4.78 is 1.34. The van der Waals surface area contributed by atoms with Crippen molar-refractivity contribution in [2.75, 3.05) is 5.32 Å². The van der Waals surface area contributed by atoms with Gasteiger partial charge in [-0.15, -0.1) is 0 Å². The van der Waals surface area contributed by atoms with Crippen LogP contribution >= 0.6 is 0 Å². The molecule has 1 aromatic heterocycles. The van der Waals surface area contributed by atoms with Gasteiger partial charge in [-0.25, -0.2) is 0 Å². The van der Waals surface area contributed by atoms with Crippen LogP contribution < -0.4 is 16.6 Å². The zero-order valence-corrected chi connectivity index (χ0v) is 15.1. The molecule has 0 aliphatic rings. The van der Waals surface area contributed by atoms with E-state index in [0.29, 0.717) is 16.8 Å². The van der Waals surface area contributed by atoms with E-state index in [1.165, 1.54) is 47.2 Å². The van der Waals surface area contributed by atoms with Crippen LogP contribution in [-0.4, -0.2) is 21.3 Å². The Balaban J connectivity index is 1.77. The molecule has 0 atom stereocenters. The molecular formula is C20H16N4O5. The van der Waals surface area contributed by atoms with Gasteiger partial charge in [0.2, 0.25) is 5.91 Å². The number of nitro groups is 1. The maximum Gasteiger partial charge on any atom is 0.269 e. The molecule has 0 saturated heterocycles. The predicted octanol–water partition coefficient (Wildman–Crippen LogP) is 2.16. The molecular weight excluding hydrogens is 376 g/mol. The minimum absolute atomic E-state index is 0.0448. The fourth-order valence-corrected chi connectivity index (χ4v) is 2.63. The number of hydrogen-bond acceptors (Lipinski definition) is 5. The number of aromatic nitrogens is 1. The molecule has 146 valence electrons. The van der Waals surface area contributed by atoms with Gasteiger partial charge in [0.15, 0.2) is 0 Å². The number of nitrogens with one attached hydrogen (secondary N) is 1. The molecule has 2 aromatic carbocycles. The van der Waals surface area contributed by atoms with Crippen molar-refractivity contribution in [1.82, 2.24) is 4.57 Å². The zero-order chi connectivity index (χ0) is 21.0. The van der Waals surface area contributed by atoms with Crippen LogP contribution in [0.4, 0.5) is 11.4 Å². The number of nitrogens with zero attached hydrogens (tertiary/aromatic N) is 2. The fourth-order valence-electron chi connectivity index (χ4n) is 2.63. The minimum atomic E-state index is -0.568. The number of amides is 2. The molecule has 29 heavy (non-hydrogen) atoms. The Morgan fingerprint density at radius 1 is 0.966 bits per heavy atom. The van der Waals surface area contributed by atoms with E-state index < -0.39 is 16.7 Å². The largest absolute Gasteiger partial charge is 0.366 e. The van der Waals surface area contributed by atoms with Crippen molar-refractivity contribution in [1.29, 1.82) is 0 Å². The first-order valence-electron chi connectivity index (χ1n) is 8.48. The van der Waals surface area contributed by atoms with E-state index in [1.807, 2.05) is 0 Å². The number of nitro benzene ring substituents is 1. The Bertz CT molecular complexity index is 1130. The number of carbonyl (C=O) groups is 2. The summed E-state index contributed by atoms with van der Waals surface area (Å²) >= 11 is 0. The van der Waals surface area contributed by atoms with Crippen LogP contribution in [0.25, 0.3) is 0 Å². The summed E-state index contributed by atoms with van der Waals surface area (Å²) in [6.45, 7) is 0.158. The Morgan fingerprint density at radius 3 is 2.17 bits per heavy atom. The number of pyridine rings is 1. The van der Waals surface area contributed by atoms with E-state index >= 15 is 0 Å². The molecule has 2 amide bonds. The highest BCUT2D eigenvalue weighted by atomic mass is 16.6. The van der Waals surface area contributed by atoms with Gasteiger partial charge in [0.05, 0.1) is 17.0 Å². The second-order valence-corrected chi connectivity index (χ2v) is 6.20. The number of primary amides is 1. The number of carbonyl (C=O) groups excluding carboxylic acids is 2. The summed E-state index contributed by atoms with van der Waals surface area (Å²) in [7, 11) is 0. The first-order chi connectivity index (χ1) is 13.8. The topological polar surface area (TPSA) is 137 Å². The quantitative estimate of drug-likeness (QED) is 0.489. The summed E-state index contributed by atoms with van der Waals surface area (Å²) in [5.41, 5.74) is 6.54. The molecule has 3 N–H and O–H groups in total. The van der Waals surface area contributed by atoms with Gasteiger partial charge in [-0.2, -0.15) is 0 Å². The summed E-state index contributed by atoms with van der Waals surface area (Å²) in [5, 5.41) is 13.4. The maximum atomic E-state index is 12.5. The van der Waals surface area contributed by atoms with E-state index in [-0.39, 0.29) is 23.4 Å². The minimum Gasteiger partial charge on any atom is -0.366 e. The normalized spacial score (nSPS) is 10.3. The first-order valence-corrected chi connectivity index (χ1v) is 8.48. The van der Waals surface area contributed by atoms with Crippen molar-refractivity contribution in [2.45, 2.75) is 6.54 Å². The van der Waals surface area contributed by atoms with Crippen LogP contribution in [0.5, 0.6) is 0 Å². The highest BCUT2D eigenvalue weighted by Crippen LogP contribution is 2.14. The van der Waals surface area contributed by atoms with Gasteiger partial charge in [0.1, 0.15) is 0 Å². The van der Waals surface area contributed by atoms with Crippen LogP contribution in [0.1, 0.15) is 26.3 Å². The molecule has 0 aliphatic heterocycles. The van der Waals surface area contributed by atoms with Crippen LogP contribution in [-0.2, 0) is 6.54 Å². The summed E-state index contributed by atoms with van der Waals surface area (Å²) in [4.78, 5) is 45.9. The molecule has 0 saturated carbocycles. The van der Waals surface area contributed by atoms with Crippen molar-refractivity contribution in [3.63, 3.8) is 0 Å². The molecule has 0 aliphatic carbocycles. The third-order valence-corrected chi connectivity index (χ3v) is 4.17. The molecule has 9 heteroatoms. The zero-order valence-electron chi connectivity index (χ0n) is 15.1. The van der Waals surface area contributed by atoms with E-state index in [9.17, 15) is 24.5 Å². The van der Waals surface area contributed by atoms with Gasteiger partial charge in [0.25, 0.3) is 17.2 Å². The van der Waals surface area contributed by atoms with Crippen molar-refractivity contribution in [2.24, 2.45) is 5.73 Å². The van der Waals surface area contributed by atoms with Crippen LogP contribution in [0.15, 0.2) is 71.7 Å². The highest BCUT2D eigenvalue weighted by molar-refractivity contribution is 6.04. The summed E-state index contributed by atoms with van der Waals surface area (Å²) in [6, 6.07) is 14.6. The Hall–Kier alpha value is -4.27. The number of rotatable bonds is 6. The van der Waals surface area contributed by atoms with E-state index in [4.69, 9.17) is 5.73 Å². The third kappa shape index (κ3) is 4.72. The molecule has 0 bridgehead atoms. The molecule has 3 aromatic rings. The third-order valence-electron chi connectivity index (χ3n) is 4.17. The van der Waals surface area contributed by atoms with Gasteiger partial charge in [-0.3, -0.25) is 24.5 Å². The molecule has 0 unspecified atom stereocenters. The highest BCUT2D eigenvalue weighted by Gasteiger charge is 2.10. The molecule has 0 fully saturated rings. The standard InChI is InChI=1S/C20H16N4O5/c21-19(26)14-3-6-16(7-4-14)22-20(27)15-5-10-18(25)23(12-15)11-13-1-8-17(9-2-13)24(28)29/h1-10,12H,11H2,(H2,21,26)(H,22,27). The second-order valence-electron chi connectivity index (χ2n) is 6.20.